The lowest BCUT2D eigenvalue weighted by Gasteiger charge is -2.24. The predicted molar refractivity (Wildman–Crippen MR) is 78.8 cm³/mol. The standard InChI is InChI=1S/C18H16N2/c19-13-11-17(15-7-3-1-4-8-15)18(12-14-20)16-9-5-2-6-10-16/h1-10,17-18H,11-12H2/t17-,18+. The molecule has 0 amide bonds. The lowest BCUT2D eigenvalue weighted by atomic mass is 9.78. The van der Waals surface area contributed by atoms with Gasteiger partial charge in [-0.2, -0.15) is 10.5 Å². The summed E-state index contributed by atoms with van der Waals surface area (Å²) >= 11 is 0. The van der Waals surface area contributed by atoms with Gasteiger partial charge in [-0.1, -0.05) is 60.7 Å². The summed E-state index contributed by atoms with van der Waals surface area (Å²) in [6.07, 6.45) is 0.844. The van der Waals surface area contributed by atoms with Crippen LogP contribution in [0.3, 0.4) is 0 Å². The Hall–Kier alpha value is -2.58. The van der Waals surface area contributed by atoms with E-state index in [2.05, 4.69) is 12.1 Å². The lowest BCUT2D eigenvalue weighted by Crippen LogP contribution is -2.11. The molecule has 0 aromatic heterocycles. The number of rotatable bonds is 5. The van der Waals surface area contributed by atoms with Crippen LogP contribution in [0.5, 0.6) is 0 Å². The molecule has 2 nitrogen and oxygen atoms in total. The minimum absolute atomic E-state index is 0.0586. The maximum absolute atomic E-state index is 9.13. The Bertz CT molecular complexity index is 548. The average molecular weight is 260 g/mol. The maximum Gasteiger partial charge on any atom is 0.0628 e. The number of hydrogen-bond donors (Lipinski definition) is 0. The smallest absolute Gasteiger partial charge is 0.0628 e. The second-order valence-corrected chi connectivity index (χ2v) is 4.76. The van der Waals surface area contributed by atoms with Crippen LogP contribution in [0.1, 0.15) is 35.8 Å². The predicted octanol–water partition coefficient (Wildman–Crippen LogP) is 4.38. The summed E-state index contributed by atoms with van der Waals surface area (Å²) in [5.41, 5.74) is 2.25. The van der Waals surface area contributed by atoms with Crippen LogP contribution in [0.4, 0.5) is 0 Å². The zero-order valence-electron chi connectivity index (χ0n) is 11.2. The van der Waals surface area contributed by atoms with Crippen molar-refractivity contribution in [3.8, 4) is 12.1 Å². The minimum Gasteiger partial charge on any atom is -0.198 e. The van der Waals surface area contributed by atoms with E-state index in [0.717, 1.165) is 11.1 Å². The van der Waals surface area contributed by atoms with Crippen LogP contribution in [0, 0.1) is 22.7 Å². The first kappa shape index (κ1) is 13.8. The van der Waals surface area contributed by atoms with Gasteiger partial charge in [0.1, 0.15) is 0 Å². The summed E-state index contributed by atoms with van der Waals surface area (Å²) < 4.78 is 0. The van der Waals surface area contributed by atoms with Crippen molar-refractivity contribution in [3.05, 3.63) is 71.8 Å². The maximum atomic E-state index is 9.13. The van der Waals surface area contributed by atoms with Gasteiger partial charge in [0.2, 0.25) is 0 Å². The topological polar surface area (TPSA) is 47.6 Å². The van der Waals surface area contributed by atoms with Crippen molar-refractivity contribution in [1.29, 1.82) is 10.5 Å². The number of nitriles is 2. The highest BCUT2D eigenvalue weighted by atomic mass is 14.3. The molecule has 0 N–H and O–H groups in total. The molecule has 2 rings (SSSR count). The van der Waals surface area contributed by atoms with Gasteiger partial charge in [-0.15, -0.1) is 0 Å². The van der Waals surface area contributed by atoms with Crippen molar-refractivity contribution in [2.75, 3.05) is 0 Å². The van der Waals surface area contributed by atoms with Gasteiger partial charge in [0.25, 0.3) is 0 Å². The first-order valence-electron chi connectivity index (χ1n) is 6.70. The van der Waals surface area contributed by atoms with Crippen molar-refractivity contribution in [2.24, 2.45) is 0 Å². The molecular weight excluding hydrogens is 244 g/mol. The van der Waals surface area contributed by atoms with E-state index in [9.17, 15) is 0 Å². The molecule has 0 fully saturated rings. The molecule has 0 radical (unpaired) electrons. The molecule has 0 heterocycles. The average Bonchev–Trinajstić information content (AvgIpc) is 2.52. The normalized spacial score (nSPS) is 12.9. The van der Waals surface area contributed by atoms with Gasteiger partial charge in [0, 0.05) is 24.7 Å². The van der Waals surface area contributed by atoms with Gasteiger partial charge >= 0.3 is 0 Å². The van der Waals surface area contributed by atoms with Crippen LogP contribution in [0.2, 0.25) is 0 Å². The van der Waals surface area contributed by atoms with Gasteiger partial charge in [0.15, 0.2) is 0 Å². The fourth-order valence-electron chi connectivity index (χ4n) is 2.58. The van der Waals surface area contributed by atoms with Crippen LogP contribution >= 0.6 is 0 Å². The molecule has 0 spiro atoms. The summed E-state index contributed by atoms with van der Waals surface area (Å²) in [5, 5.41) is 18.3. The summed E-state index contributed by atoms with van der Waals surface area (Å²) in [7, 11) is 0. The van der Waals surface area contributed by atoms with Crippen molar-refractivity contribution >= 4 is 0 Å². The van der Waals surface area contributed by atoms with E-state index in [1.807, 2.05) is 60.7 Å². The Morgan fingerprint density at radius 1 is 0.650 bits per heavy atom. The first-order chi connectivity index (χ1) is 9.86. The third-order valence-corrected chi connectivity index (χ3v) is 3.56. The molecule has 2 heteroatoms. The van der Waals surface area contributed by atoms with Crippen molar-refractivity contribution < 1.29 is 0 Å². The van der Waals surface area contributed by atoms with Gasteiger partial charge < -0.3 is 0 Å². The number of nitrogens with zero attached hydrogens (tertiary/aromatic N) is 2. The van der Waals surface area contributed by atoms with Crippen molar-refractivity contribution in [3.63, 3.8) is 0 Å². The highest BCUT2D eigenvalue weighted by Crippen LogP contribution is 2.37. The molecule has 0 aliphatic rings. The second kappa shape index (κ2) is 7.12. The van der Waals surface area contributed by atoms with Gasteiger partial charge in [-0.05, 0) is 11.1 Å². The molecule has 2 atom stereocenters. The molecule has 0 saturated carbocycles. The van der Waals surface area contributed by atoms with Crippen LogP contribution in [-0.2, 0) is 0 Å². The van der Waals surface area contributed by atoms with Gasteiger partial charge in [-0.25, -0.2) is 0 Å². The summed E-state index contributed by atoms with van der Waals surface area (Å²) in [4.78, 5) is 0. The quantitative estimate of drug-likeness (QED) is 0.800. The van der Waals surface area contributed by atoms with Crippen molar-refractivity contribution in [2.45, 2.75) is 24.7 Å². The van der Waals surface area contributed by atoms with Gasteiger partial charge in [0.05, 0.1) is 12.1 Å². The van der Waals surface area contributed by atoms with Crippen LogP contribution < -0.4 is 0 Å². The number of benzene rings is 2. The highest BCUT2D eigenvalue weighted by Gasteiger charge is 2.24. The fraction of sp³-hybridized carbons (Fsp3) is 0.222. The third-order valence-electron chi connectivity index (χ3n) is 3.56. The lowest BCUT2D eigenvalue weighted by molar-refractivity contribution is 0.554. The second-order valence-electron chi connectivity index (χ2n) is 4.76. The van der Waals surface area contributed by atoms with Crippen molar-refractivity contribution in [1.82, 2.24) is 0 Å². The highest BCUT2D eigenvalue weighted by molar-refractivity contribution is 5.30. The summed E-state index contributed by atoms with van der Waals surface area (Å²) in [6, 6.07) is 24.5. The summed E-state index contributed by atoms with van der Waals surface area (Å²) in [5.74, 6) is 0.117. The zero-order chi connectivity index (χ0) is 14.2. The molecule has 0 aliphatic heterocycles. The van der Waals surface area contributed by atoms with Crippen LogP contribution in [0.25, 0.3) is 0 Å². The van der Waals surface area contributed by atoms with E-state index in [0.29, 0.717) is 12.8 Å². The molecule has 98 valence electrons. The van der Waals surface area contributed by atoms with Crippen LogP contribution in [0.15, 0.2) is 60.7 Å². The SMILES string of the molecule is N#CC[C@H](c1ccccc1)[C@@H](CC#N)c1ccccc1. The van der Waals surface area contributed by atoms with Crippen LogP contribution in [-0.4, -0.2) is 0 Å². The molecule has 0 aliphatic carbocycles. The molecular formula is C18H16N2. The zero-order valence-corrected chi connectivity index (χ0v) is 11.2. The largest absolute Gasteiger partial charge is 0.198 e. The Balaban J connectivity index is 2.39. The molecule has 20 heavy (non-hydrogen) atoms. The Morgan fingerprint density at radius 2 is 1.00 bits per heavy atom. The third kappa shape index (κ3) is 3.25. The minimum atomic E-state index is 0.0586. The number of hydrogen-bond acceptors (Lipinski definition) is 2. The molecule has 2 aromatic rings. The van der Waals surface area contributed by atoms with Gasteiger partial charge in [-0.3, -0.25) is 0 Å². The Morgan fingerprint density at radius 3 is 1.30 bits per heavy atom. The van der Waals surface area contributed by atoms with E-state index in [4.69, 9.17) is 10.5 Å². The van der Waals surface area contributed by atoms with E-state index < -0.39 is 0 Å². The Kier molecular flexibility index (Phi) is 4.93. The molecule has 0 unspecified atom stereocenters. The monoisotopic (exact) mass is 260 g/mol. The van der Waals surface area contributed by atoms with E-state index >= 15 is 0 Å². The fourth-order valence-corrected chi connectivity index (χ4v) is 2.58. The Labute approximate surface area is 119 Å². The molecule has 0 bridgehead atoms. The molecule has 0 saturated heterocycles. The molecule has 2 aromatic carbocycles. The first-order valence-corrected chi connectivity index (χ1v) is 6.70. The van der Waals surface area contributed by atoms with E-state index in [1.54, 1.807) is 0 Å². The van der Waals surface area contributed by atoms with E-state index in [1.165, 1.54) is 0 Å². The summed E-state index contributed by atoms with van der Waals surface area (Å²) in [6.45, 7) is 0. The van der Waals surface area contributed by atoms with E-state index in [-0.39, 0.29) is 11.8 Å².